The number of amides is 1. The zero-order valence-electron chi connectivity index (χ0n) is 11.0. The molecule has 2 N–H and O–H groups in total. The van der Waals surface area contributed by atoms with Gasteiger partial charge in [-0.25, -0.2) is 0 Å². The topological polar surface area (TPSA) is 88.8 Å². The van der Waals surface area contributed by atoms with Gasteiger partial charge >= 0.3 is 5.97 Å². The van der Waals surface area contributed by atoms with Gasteiger partial charge in [-0.05, 0) is 31.1 Å². The van der Waals surface area contributed by atoms with E-state index in [1.807, 2.05) is 0 Å². The molecule has 1 fully saturated rings. The predicted octanol–water partition coefficient (Wildman–Crippen LogP) is 1.29. The van der Waals surface area contributed by atoms with Gasteiger partial charge in [0.15, 0.2) is 0 Å². The van der Waals surface area contributed by atoms with Crippen molar-refractivity contribution in [1.29, 1.82) is 0 Å². The van der Waals surface area contributed by atoms with Crippen LogP contribution in [0.15, 0.2) is 28.9 Å². The quantitative estimate of drug-likeness (QED) is 0.793. The molecule has 0 bridgehead atoms. The fourth-order valence-electron chi connectivity index (χ4n) is 2.09. The molecule has 0 saturated carbocycles. The van der Waals surface area contributed by atoms with Crippen LogP contribution in [0.25, 0.3) is 6.08 Å². The highest BCUT2D eigenvalue weighted by atomic mass is 16.5. The monoisotopic (exact) mass is 279 g/mol. The first-order valence-corrected chi connectivity index (χ1v) is 6.43. The van der Waals surface area contributed by atoms with E-state index in [0.29, 0.717) is 31.8 Å². The summed E-state index contributed by atoms with van der Waals surface area (Å²) in [6.45, 7) is 0.918. The third-order valence-electron chi connectivity index (χ3n) is 3.45. The fourth-order valence-corrected chi connectivity index (χ4v) is 2.09. The molecule has 0 aliphatic carbocycles. The molecule has 1 aliphatic rings. The summed E-state index contributed by atoms with van der Waals surface area (Å²) in [5.41, 5.74) is -0.924. The van der Waals surface area contributed by atoms with Crippen LogP contribution in [-0.4, -0.2) is 36.7 Å². The van der Waals surface area contributed by atoms with E-state index in [0.717, 1.165) is 0 Å². The number of carbonyl (C=O) groups is 2. The molecule has 0 aromatic carbocycles. The number of hydrogen-bond donors (Lipinski definition) is 2. The molecule has 2 rings (SSSR count). The molecular weight excluding hydrogens is 262 g/mol. The van der Waals surface area contributed by atoms with E-state index in [1.165, 1.54) is 18.4 Å². The Balaban J connectivity index is 1.89. The summed E-state index contributed by atoms with van der Waals surface area (Å²) in [6, 6.07) is 3.44. The van der Waals surface area contributed by atoms with Crippen molar-refractivity contribution in [2.45, 2.75) is 12.8 Å². The van der Waals surface area contributed by atoms with Crippen molar-refractivity contribution in [3.8, 4) is 0 Å². The second kappa shape index (κ2) is 6.38. The highest BCUT2D eigenvalue weighted by Gasteiger charge is 2.40. The lowest BCUT2D eigenvalue weighted by Crippen LogP contribution is -2.46. The van der Waals surface area contributed by atoms with Crippen LogP contribution in [0.5, 0.6) is 0 Å². The maximum atomic E-state index is 11.7. The summed E-state index contributed by atoms with van der Waals surface area (Å²) in [5, 5.41) is 12.0. The van der Waals surface area contributed by atoms with E-state index < -0.39 is 11.4 Å². The molecule has 20 heavy (non-hydrogen) atoms. The zero-order valence-corrected chi connectivity index (χ0v) is 11.0. The molecular formula is C14H17NO5. The molecule has 0 atom stereocenters. The lowest BCUT2D eigenvalue weighted by atomic mass is 9.80. The van der Waals surface area contributed by atoms with Crippen LogP contribution in [0.4, 0.5) is 0 Å². The van der Waals surface area contributed by atoms with Crippen LogP contribution in [-0.2, 0) is 14.3 Å². The molecule has 108 valence electrons. The Hall–Kier alpha value is -2.08. The van der Waals surface area contributed by atoms with Gasteiger partial charge in [-0.2, -0.15) is 0 Å². The average molecular weight is 279 g/mol. The van der Waals surface area contributed by atoms with Gasteiger partial charge in [0.2, 0.25) is 5.91 Å². The Morgan fingerprint density at radius 3 is 2.75 bits per heavy atom. The largest absolute Gasteiger partial charge is 0.481 e. The number of carboxylic acids is 1. The van der Waals surface area contributed by atoms with Crippen molar-refractivity contribution in [3.63, 3.8) is 0 Å². The molecule has 1 aliphatic heterocycles. The number of rotatable bonds is 5. The minimum atomic E-state index is -0.924. The van der Waals surface area contributed by atoms with Crippen LogP contribution >= 0.6 is 0 Å². The number of ether oxygens (including phenoxy) is 1. The Morgan fingerprint density at radius 2 is 2.15 bits per heavy atom. The fraction of sp³-hybridized carbons (Fsp3) is 0.429. The second-order valence-electron chi connectivity index (χ2n) is 4.76. The molecule has 0 unspecified atom stereocenters. The molecule has 1 aromatic heterocycles. The van der Waals surface area contributed by atoms with Crippen LogP contribution in [0.2, 0.25) is 0 Å². The highest BCUT2D eigenvalue weighted by molar-refractivity contribution is 5.91. The summed E-state index contributed by atoms with van der Waals surface area (Å²) >= 11 is 0. The Kier molecular flexibility index (Phi) is 4.57. The number of carbonyl (C=O) groups excluding carboxylic acids is 1. The molecule has 1 amide bonds. The van der Waals surface area contributed by atoms with Crippen molar-refractivity contribution in [1.82, 2.24) is 5.32 Å². The number of nitrogens with one attached hydrogen (secondary N) is 1. The average Bonchev–Trinajstić information content (AvgIpc) is 2.97. The van der Waals surface area contributed by atoms with Crippen LogP contribution in [0.3, 0.4) is 0 Å². The van der Waals surface area contributed by atoms with Crippen molar-refractivity contribution in [2.24, 2.45) is 5.41 Å². The maximum Gasteiger partial charge on any atom is 0.311 e. The smallest absolute Gasteiger partial charge is 0.311 e. The molecule has 6 nitrogen and oxygen atoms in total. The minimum absolute atomic E-state index is 0.104. The van der Waals surface area contributed by atoms with Gasteiger partial charge in [0.05, 0.1) is 11.7 Å². The van der Waals surface area contributed by atoms with Gasteiger partial charge < -0.3 is 19.6 Å². The third kappa shape index (κ3) is 3.48. The van der Waals surface area contributed by atoms with Gasteiger partial charge in [-0.3, -0.25) is 9.59 Å². The molecule has 6 heteroatoms. The summed E-state index contributed by atoms with van der Waals surface area (Å²) in [4.78, 5) is 23.1. The lowest BCUT2D eigenvalue weighted by Gasteiger charge is -2.32. The molecule has 1 aromatic rings. The van der Waals surface area contributed by atoms with Crippen LogP contribution in [0, 0.1) is 5.41 Å². The molecule has 2 heterocycles. The number of furan rings is 1. The van der Waals surface area contributed by atoms with Crippen molar-refractivity contribution in [3.05, 3.63) is 30.2 Å². The first-order valence-electron chi connectivity index (χ1n) is 6.43. The summed E-state index contributed by atoms with van der Waals surface area (Å²) in [7, 11) is 0. The normalized spacial score (nSPS) is 18.0. The van der Waals surface area contributed by atoms with E-state index in [9.17, 15) is 14.7 Å². The zero-order chi connectivity index (χ0) is 14.4. The van der Waals surface area contributed by atoms with E-state index in [4.69, 9.17) is 9.15 Å². The van der Waals surface area contributed by atoms with Gasteiger partial charge in [-0.15, -0.1) is 0 Å². The van der Waals surface area contributed by atoms with E-state index >= 15 is 0 Å². The Morgan fingerprint density at radius 1 is 1.40 bits per heavy atom. The van der Waals surface area contributed by atoms with Gasteiger partial charge in [0.1, 0.15) is 5.76 Å². The lowest BCUT2D eigenvalue weighted by molar-refractivity contribution is -0.154. The molecule has 0 radical (unpaired) electrons. The van der Waals surface area contributed by atoms with E-state index in [-0.39, 0.29) is 12.5 Å². The van der Waals surface area contributed by atoms with Gasteiger partial charge in [-0.1, -0.05) is 0 Å². The Labute approximate surface area is 116 Å². The maximum absolute atomic E-state index is 11.7. The predicted molar refractivity (Wildman–Crippen MR) is 70.9 cm³/mol. The van der Waals surface area contributed by atoms with Gasteiger partial charge in [0.25, 0.3) is 0 Å². The molecule has 1 saturated heterocycles. The van der Waals surface area contributed by atoms with E-state index in [1.54, 1.807) is 12.1 Å². The number of carboxylic acid groups (broad SMARTS) is 1. The first kappa shape index (κ1) is 14.3. The number of aliphatic carboxylic acids is 1. The highest BCUT2D eigenvalue weighted by Crippen LogP contribution is 2.30. The van der Waals surface area contributed by atoms with Crippen LogP contribution < -0.4 is 5.32 Å². The first-order chi connectivity index (χ1) is 9.62. The van der Waals surface area contributed by atoms with Crippen molar-refractivity contribution < 1.29 is 23.8 Å². The van der Waals surface area contributed by atoms with E-state index in [2.05, 4.69) is 5.32 Å². The third-order valence-corrected chi connectivity index (χ3v) is 3.45. The summed E-state index contributed by atoms with van der Waals surface area (Å²) < 4.78 is 10.2. The second-order valence-corrected chi connectivity index (χ2v) is 4.76. The number of hydrogen-bond acceptors (Lipinski definition) is 4. The molecule has 0 spiro atoms. The summed E-state index contributed by atoms with van der Waals surface area (Å²) in [6.07, 6.45) is 5.19. The summed E-state index contributed by atoms with van der Waals surface area (Å²) in [5.74, 6) is -0.663. The van der Waals surface area contributed by atoms with Crippen molar-refractivity contribution >= 4 is 18.0 Å². The minimum Gasteiger partial charge on any atom is -0.481 e. The standard InChI is InChI=1S/C14H17NO5/c16-12(4-3-11-2-1-7-20-11)15-10-14(13(17)18)5-8-19-9-6-14/h1-4,7H,5-6,8-10H2,(H,15,16)(H,17,18)/b4-3+. The van der Waals surface area contributed by atoms with Crippen LogP contribution in [0.1, 0.15) is 18.6 Å². The van der Waals surface area contributed by atoms with Gasteiger partial charge in [0, 0.05) is 25.8 Å². The Bertz CT molecular complexity index is 486. The van der Waals surface area contributed by atoms with Crippen molar-refractivity contribution in [2.75, 3.05) is 19.8 Å². The SMILES string of the molecule is O=C(/C=C/c1ccco1)NCC1(C(=O)O)CCOCC1.